The fourth-order valence-corrected chi connectivity index (χ4v) is 5.66. The van der Waals surface area contributed by atoms with Crippen molar-refractivity contribution < 1.29 is 14.4 Å². The summed E-state index contributed by atoms with van der Waals surface area (Å²) in [6.45, 7) is 2.93. The third-order valence-electron chi connectivity index (χ3n) is 6.84. The van der Waals surface area contributed by atoms with Crippen LogP contribution in [0, 0.1) is 0 Å². The molecule has 6 nitrogen and oxygen atoms in total. The van der Waals surface area contributed by atoms with Crippen molar-refractivity contribution in [1.82, 2.24) is 9.80 Å². The van der Waals surface area contributed by atoms with Gasteiger partial charge in [0.25, 0.3) is 0 Å². The fourth-order valence-electron chi connectivity index (χ4n) is 4.96. The van der Waals surface area contributed by atoms with Crippen LogP contribution in [0.1, 0.15) is 23.3 Å². The molecule has 34 heavy (non-hydrogen) atoms. The average Bonchev–Trinajstić information content (AvgIpc) is 3.48. The van der Waals surface area contributed by atoms with Crippen LogP contribution in [0.3, 0.4) is 0 Å². The number of likely N-dealkylation sites (tertiary alicyclic amines) is 1. The SMILES string of the molecule is O=C(C[C@]1(c2ccccc2)CC(=O)N(Cc2cccs2)C1=O)N1CCN(c2ccccc2)CC1. The van der Waals surface area contributed by atoms with E-state index in [0.717, 1.165) is 29.2 Å². The summed E-state index contributed by atoms with van der Waals surface area (Å²) in [6.07, 6.45) is 0.0325. The zero-order valence-electron chi connectivity index (χ0n) is 18.9. The van der Waals surface area contributed by atoms with E-state index < -0.39 is 5.41 Å². The molecule has 2 aromatic carbocycles. The third kappa shape index (κ3) is 4.23. The van der Waals surface area contributed by atoms with Crippen molar-refractivity contribution in [2.45, 2.75) is 24.8 Å². The van der Waals surface area contributed by atoms with Gasteiger partial charge in [-0.2, -0.15) is 0 Å². The van der Waals surface area contributed by atoms with Crippen molar-refractivity contribution in [2.75, 3.05) is 31.1 Å². The second kappa shape index (κ2) is 9.43. The molecular formula is C27H27N3O3S. The van der Waals surface area contributed by atoms with Crippen LogP contribution < -0.4 is 4.90 Å². The lowest BCUT2D eigenvalue weighted by molar-refractivity contribution is -0.143. The lowest BCUT2D eigenvalue weighted by Gasteiger charge is -2.37. The Bertz CT molecular complexity index is 1160. The van der Waals surface area contributed by atoms with Crippen molar-refractivity contribution >= 4 is 34.7 Å². The average molecular weight is 474 g/mol. The van der Waals surface area contributed by atoms with E-state index in [2.05, 4.69) is 17.0 Å². The highest BCUT2D eigenvalue weighted by Gasteiger charge is 2.54. The lowest BCUT2D eigenvalue weighted by Crippen LogP contribution is -2.51. The summed E-state index contributed by atoms with van der Waals surface area (Å²) in [4.78, 5) is 46.7. The minimum atomic E-state index is -1.15. The number of piperazine rings is 1. The van der Waals surface area contributed by atoms with Crippen LogP contribution in [0.2, 0.25) is 0 Å². The first-order chi connectivity index (χ1) is 16.6. The molecule has 0 spiro atoms. The number of hydrogen-bond acceptors (Lipinski definition) is 5. The van der Waals surface area contributed by atoms with Crippen molar-refractivity contribution in [3.8, 4) is 0 Å². The Kier molecular flexibility index (Phi) is 6.20. The first-order valence-electron chi connectivity index (χ1n) is 11.6. The molecule has 2 aliphatic heterocycles. The van der Waals surface area contributed by atoms with Crippen LogP contribution in [0.5, 0.6) is 0 Å². The van der Waals surface area contributed by atoms with Crippen LogP contribution in [-0.2, 0) is 26.3 Å². The van der Waals surface area contributed by atoms with Crippen LogP contribution >= 0.6 is 11.3 Å². The van der Waals surface area contributed by atoms with E-state index >= 15 is 0 Å². The van der Waals surface area contributed by atoms with E-state index in [1.165, 1.54) is 16.2 Å². The van der Waals surface area contributed by atoms with Gasteiger partial charge in [-0.15, -0.1) is 11.3 Å². The Morgan fingerprint density at radius 2 is 1.53 bits per heavy atom. The van der Waals surface area contributed by atoms with Gasteiger partial charge in [-0.1, -0.05) is 54.6 Å². The summed E-state index contributed by atoms with van der Waals surface area (Å²) in [5.74, 6) is -0.562. The molecule has 2 aliphatic rings. The van der Waals surface area contributed by atoms with Gasteiger partial charge < -0.3 is 9.80 Å². The van der Waals surface area contributed by atoms with Crippen molar-refractivity contribution in [1.29, 1.82) is 0 Å². The van der Waals surface area contributed by atoms with Crippen molar-refractivity contribution in [3.63, 3.8) is 0 Å². The van der Waals surface area contributed by atoms with E-state index in [9.17, 15) is 14.4 Å². The second-order valence-corrected chi connectivity index (χ2v) is 9.90. The number of carbonyl (C=O) groups excluding carboxylic acids is 3. The summed E-state index contributed by atoms with van der Waals surface area (Å²) in [6, 6.07) is 23.3. The highest BCUT2D eigenvalue weighted by molar-refractivity contribution is 7.09. The number of anilines is 1. The Hall–Kier alpha value is -3.45. The van der Waals surface area contributed by atoms with Gasteiger partial charge in [-0.25, -0.2) is 0 Å². The number of imide groups is 1. The Labute approximate surface area is 203 Å². The molecule has 0 unspecified atom stereocenters. The molecule has 3 heterocycles. The Morgan fingerprint density at radius 1 is 0.853 bits per heavy atom. The zero-order chi connectivity index (χ0) is 23.5. The molecule has 0 bridgehead atoms. The van der Waals surface area contributed by atoms with E-state index in [1.54, 1.807) is 0 Å². The molecule has 0 saturated carbocycles. The molecule has 2 fully saturated rings. The van der Waals surface area contributed by atoms with Gasteiger partial charge in [-0.3, -0.25) is 19.3 Å². The van der Waals surface area contributed by atoms with E-state index in [-0.39, 0.29) is 37.1 Å². The number of rotatable bonds is 6. The van der Waals surface area contributed by atoms with Crippen molar-refractivity contribution in [3.05, 3.63) is 88.6 Å². The largest absolute Gasteiger partial charge is 0.368 e. The van der Waals surface area contributed by atoms with Gasteiger partial charge in [-0.05, 0) is 29.1 Å². The van der Waals surface area contributed by atoms with Crippen LogP contribution in [0.25, 0.3) is 0 Å². The zero-order valence-corrected chi connectivity index (χ0v) is 19.7. The van der Waals surface area contributed by atoms with E-state index in [1.807, 2.05) is 70.9 Å². The van der Waals surface area contributed by atoms with Gasteiger partial charge in [0.1, 0.15) is 0 Å². The maximum absolute atomic E-state index is 13.8. The van der Waals surface area contributed by atoms with Gasteiger partial charge in [0, 0.05) is 49.6 Å². The predicted molar refractivity (Wildman–Crippen MR) is 132 cm³/mol. The summed E-state index contributed by atoms with van der Waals surface area (Å²) in [5.41, 5.74) is 0.734. The van der Waals surface area contributed by atoms with Gasteiger partial charge >= 0.3 is 0 Å². The third-order valence-corrected chi connectivity index (χ3v) is 7.70. The molecule has 174 valence electrons. The van der Waals surface area contributed by atoms with Crippen LogP contribution in [0.15, 0.2) is 78.2 Å². The minimum Gasteiger partial charge on any atom is -0.368 e. The lowest BCUT2D eigenvalue weighted by atomic mass is 9.75. The summed E-state index contributed by atoms with van der Waals surface area (Å²) in [7, 11) is 0. The van der Waals surface area contributed by atoms with Crippen LogP contribution in [-0.4, -0.2) is 53.7 Å². The molecular weight excluding hydrogens is 446 g/mol. The number of para-hydroxylation sites is 1. The normalized spacial score (nSPS) is 20.8. The highest BCUT2D eigenvalue weighted by atomic mass is 32.1. The molecule has 1 aromatic heterocycles. The summed E-state index contributed by atoms with van der Waals surface area (Å²) < 4.78 is 0. The summed E-state index contributed by atoms with van der Waals surface area (Å²) >= 11 is 1.52. The Balaban J connectivity index is 1.35. The number of benzene rings is 2. The maximum atomic E-state index is 13.8. The molecule has 0 radical (unpaired) electrons. The standard InChI is InChI=1S/C27H27N3O3S/c31-24(29-15-13-28(14-16-29)22-10-5-2-6-11-22)18-27(21-8-3-1-4-9-21)19-25(32)30(26(27)33)20-23-12-7-17-34-23/h1-12,17H,13-16,18-20H2/t27-/m1/s1. The number of nitrogens with zero attached hydrogens (tertiary/aromatic N) is 3. The van der Waals surface area contributed by atoms with Gasteiger partial charge in [0.2, 0.25) is 17.7 Å². The van der Waals surface area contributed by atoms with Crippen molar-refractivity contribution in [2.24, 2.45) is 0 Å². The highest BCUT2D eigenvalue weighted by Crippen LogP contribution is 2.41. The smallest absolute Gasteiger partial charge is 0.241 e. The van der Waals surface area contributed by atoms with Gasteiger partial charge in [0.15, 0.2) is 0 Å². The van der Waals surface area contributed by atoms with Crippen LogP contribution in [0.4, 0.5) is 5.69 Å². The van der Waals surface area contributed by atoms with E-state index in [4.69, 9.17) is 0 Å². The maximum Gasteiger partial charge on any atom is 0.241 e. The molecule has 3 amide bonds. The molecule has 2 saturated heterocycles. The Morgan fingerprint density at radius 3 is 2.18 bits per heavy atom. The first-order valence-corrected chi connectivity index (χ1v) is 12.5. The van der Waals surface area contributed by atoms with Gasteiger partial charge in [0.05, 0.1) is 12.0 Å². The molecule has 7 heteroatoms. The topological polar surface area (TPSA) is 60.9 Å². The monoisotopic (exact) mass is 473 g/mol. The second-order valence-electron chi connectivity index (χ2n) is 8.87. The number of hydrogen-bond donors (Lipinski definition) is 0. The van der Waals surface area contributed by atoms with E-state index in [0.29, 0.717) is 13.1 Å². The molecule has 0 aliphatic carbocycles. The number of carbonyl (C=O) groups is 3. The molecule has 1 atom stereocenters. The number of amides is 3. The molecule has 0 N–H and O–H groups in total. The fraction of sp³-hybridized carbons (Fsp3) is 0.296. The summed E-state index contributed by atoms with van der Waals surface area (Å²) in [5, 5.41) is 1.93. The quantitative estimate of drug-likeness (QED) is 0.513. The predicted octanol–water partition coefficient (Wildman–Crippen LogP) is 3.68. The molecule has 5 rings (SSSR count). The minimum absolute atomic E-state index is 0.00780. The number of thiophene rings is 1. The first kappa shape index (κ1) is 22.3. The molecule has 3 aromatic rings.